The van der Waals surface area contributed by atoms with Crippen LogP contribution in [0, 0.1) is 10.8 Å². The van der Waals surface area contributed by atoms with Crippen LogP contribution in [0.25, 0.3) is 0 Å². The van der Waals surface area contributed by atoms with Crippen LogP contribution < -0.4 is 5.32 Å². The fourth-order valence-electron chi connectivity index (χ4n) is 3.58. The van der Waals surface area contributed by atoms with E-state index in [4.69, 9.17) is 0 Å². The zero-order chi connectivity index (χ0) is 15.0. The molecule has 4 heteroatoms. The number of hydrogen-bond acceptors (Lipinski definition) is 2. The van der Waals surface area contributed by atoms with Crippen molar-refractivity contribution in [2.75, 3.05) is 13.1 Å². The molecule has 1 atom stereocenters. The van der Waals surface area contributed by atoms with Gasteiger partial charge in [-0.15, -0.1) is 0 Å². The van der Waals surface area contributed by atoms with Crippen molar-refractivity contribution in [1.82, 2.24) is 10.2 Å². The molecule has 2 amide bonds. The number of carbonyl (C=O) groups excluding carboxylic acids is 2. The first kappa shape index (κ1) is 15.3. The molecule has 0 aromatic carbocycles. The molecular formula is C16H28N2O2. The number of amides is 2. The van der Waals surface area contributed by atoms with E-state index in [1.165, 1.54) is 25.7 Å². The molecule has 1 saturated heterocycles. The first-order chi connectivity index (χ1) is 9.27. The van der Waals surface area contributed by atoms with E-state index in [2.05, 4.69) is 12.2 Å². The van der Waals surface area contributed by atoms with Crippen molar-refractivity contribution in [3.8, 4) is 0 Å². The summed E-state index contributed by atoms with van der Waals surface area (Å²) >= 11 is 0. The minimum atomic E-state index is -0.390. The monoisotopic (exact) mass is 280 g/mol. The average Bonchev–Trinajstić information content (AvgIpc) is 2.81. The van der Waals surface area contributed by atoms with Crippen molar-refractivity contribution in [2.45, 2.75) is 65.8 Å². The van der Waals surface area contributed by atoms with Crippen LogP contribution in [0.1, 0.15) is 59.8 Å². The summed E-state index contributed by atoms with van der Waals surface area (Å²) in [5, 5.41) is 2.86. The number of nitrogens with zero attached hydrogens (tertiary/aromatic N) is 1. The van der Waals surface area contributed by atoms with Gasteiger partial charge in [0.05, 0.1) is 6.54 Å². The maximum Gasteiger partial charge on any atom is 0.246 e. The molecule has 1 aliphatic carbocycles. The third-order valence-corrected chi connectivity index (χ3v) is 5.00. The Kier molecular flexibility index (Phi) is 4.12. The van der Waals surface area contributed by atoms with Crippen LogP contribution in [0.4, 0.5) is 0 Å². The van der Waals surface area contributed by atoms with Crippen LogP contribution in [-0.2, 0) is 9.59 Å². The van der Waals surface area contributed by atoms with Gasteiger partial charge >= 0.3 is 0 Å². The second-order valence-electron chi connectivity index (χ2n) is 7.62. The van der Waals surface area contributed by atoms with E-state index < -0.39 is 0 Å². The van der Waals surface area contributed by atoms with Crippen LogP contribution >= 0.6 is 0 Å². The average molecular weight is 280 g/mol. The van der Waals surface area contributed by atoms with Crippen LogP contribution in [0.5, 0.6) is 0 Å². The Morgan fingerprint density at radius 3 is 2.35 bits per heavy atom. The van der Waals surface area contributed by atoms with Gasteiger partial charge in [0.2, 0.25) is 11.8 Å². The lowest BCUT2D eigenvalue weighted by atomic mass is 9.81. The number of rotatable bonds is 3. The lowest BCUT2D eigenvalue weighted by Crippen LogP contribution is -2.63. The van der Waals surface area contributed by atoms with Crippen molar-refractivity contribution in [3.05, 3.63) is 0 Å². The lowest BCUT2D eigenvalue weighted by Gasteiger charge is -2.42. The van der Waals surface area contributed by atoms with Gasteiger partial charge in [0.1, 0.15) is 6.04 Å². The molecule has 1 unspecified atom stereocenters. The zero-order valence-electron chi connectivity index (χ0n) is 13.3. The molecule has 4 nitrogen and oxygen atoms in total. The standard InChI is InChI=1S/C16H28N2O2/c1-5-16(8-6-7-9-16)11-18-10-12(19)17-13(14(18)20)15(2,3)4/h13H,5-11H2,1-4H3,(H,17,19). The van der Waals surface area contributed by atoms with E-state index in [9.17, 15) is 9.59 Å². The second kappa shape index (κ2) is 5.38. The highest BCUT2D eigenvalue weighted by Gasteiger charge is 2.43. The summed E-state index contributed by atoms with van der Waals surface area (Å²) < 4.78 is 0. The molecule has 1 heterocycles. The van der Waals surface area contributed by atoms with Crippen LogP contribution in [0.15, 0.2) is 0 Å². The molecule has 20 heavy (non-hydrogen) atoms. The Balaban J connectivity index is 2.14. The summed E-state index contributed by atoms with van der Waals surface area (Å²) in [5.74, 6) is 0.0746. The first-order valence-electron chi connectivity index (χ1n) is 7.86. The van der Waals surface area contributed by atoms with Crippen molar-refractivity contribution >= 4 is 11.8 Å². The predicted molar refractivity (Wildman–Crippen MR) is 79.2 cm³/mol. The van der Waals surface area contributed by atoms with Crippen LogP contribution in [0.2, 0.25) is 0 Å². The summed E-state index contributed by atoms with van der Waals surface area (Å²) in [6.07, 6.45) is 5.98. The van der Waals surface area contributed by atoms with Crippen molar-refractivity contribution < 1.29 is 9.59 Å². The van der Waals surface area contributed by atoms with Gasteiger partial charge in [-0.05, 0) is 30.1 Å². The molecule has 2 rings (SSSR count). The van der Waals surface area contributed by atoms with Crippen molar-refractivity contribution in [3.63, 3.8) is 0 Å². The Morgan fingerprint density at radius 1 is 1.25 bits per heavy atom. The topological polar surface area (TPSA) is 49.4 Å². The van der Waals surface area contributed by atoms with Gasteiger partial charge in [0.25, 0.3) is 0 Å². The molecule has 1 saturated carbocycles. The summed E-state index contributed by atoms with van der Waals surface area (Å²) in [4.78, 5) is 26.4. The minimum absolute atomic E-state index is 0.0197. The molecule has 0 radical (unpaired) electrons. The molecule has 2 aliphatic rings. The smallest absolute Gasteiger partial charge is 0.246 e. The van der Waals surface area contributed by atoms with Gasteiger partial charge in [0.15, 0.2) is 0 Å². The summed E-state index contributed by atoms with van der Waals surface area (Å²) in [5.41, 5.74) is 0.0101. The van der Waals surface area contributed by atoms with Crippen LogP contribution in [0.3, 0.4) is 0 Å². The normalized spacial score (nSPS) is 26.8. The maximum atomic E-state index is 12.7. The Hall–Kier alpha value is -1.06. The molecule has 2 fully saturated rings. The number of piperazine rings is 1. The molecule has 114 valence electrons. The fraction of sp³-hybridized carbons (Fsp3) is 0.875. The van der Waals surface area contributed by atoms with Crippen LogP contribution in [-0.4, -0.2) is 35.8 Å². The van der Waals surface area contributed by atoms with E-state index in [1.807, 2.05) is 25.7 Å². The summed E-state index contributed by atoms with van der Waals surface area (Å²) in [6, 6.07) is -0.390. The quantitative estimate of drug-likeness (QED) is 0.862. The molecule has 0 aromatic heterocycles. The molecule has 0 aromatic rings. The number of hydrogen-bond donors (Lipinski definition) is 1. The lowest BCUT2D eigenvalue weighted by molar-refractivity contribution is -0.149. The Morgan fingerprint density at radius 2 is 1.85 bits per heavy atom. The Bertz CT molecular complexity index is 392. The summed E-state index contributed by atoms with van der Waals surface area (Å²) in [7, 11) is 0. The SMILES string of the molecule is CCC1(CN2CC(=O)NC(C(C)(C)C)C2=O)CCCC1. The minimum Gasteiger partial charge on any atom is -0.342 e. The van der Waals surface area contributed by atoms with Crippen molar-refractivity contribution in [1.29, 1.82) is 0 Å². The number of nitrogens with one attached hydrogen (secondary N) is 1. The van der Waals surface area contributed by atoms with Crippen molar-refractivity contribution in [2.24, 2.45) is 10.8 Å². The Labute approximate surface area is 122 Å². The van der Waals surface area contributed by atoms with Gasteiger partial charge in [0, 0.05) is 6.54 Å². The molecule has 0 bridgehead atoms. The third-order valence-electron chi connectivity index (χ3n) is 5.00. The maximum absolute atomic E-state index is 12.7. The second-order valence-corrected chi connectivity index (χ2v) is 7.62. The fourth-order valence-corrected chi connectivity index (χ4v) is 3.58. The van der Waals surface area contributed by atoms with E-state index in [1.54, 1.807) is 0 Å². The van der Waals surface area contributed by atoms with E-state index in [0.717, 1.165) is 13.0 Å². The van der Waals surface area contributed by atoms with Gasteiger partial charge in [-0.2, -0.15) is 0 Å². The number of carbonyl (C=O) groups is 2. The highest BCUT2D eigenvalue weighted by Crippen LogP contribution is 2.42. The van der Waals surface area contributed by atoms with E-state index >= 15 is 0 Å². The summed E-state index contributed by atoms with van der Waals surface area (Å²) in [6.45, 7) is 9.20. The third kappa shape index (κ3) is 2.99. The predicted octanol–water partition coefficient (Wildman–Crippen LogP) is 2.33. The largest absolute Gasteiger partial charge is 0.342 e. The molecule has 0 spiro atoms. The highest BCUT2D eigenvalue weighted by atomic mass is 16.2. The first-order valence-corrected chi connectivity index (χ1v) is 7.86. The zero-order valence-corrected chi connectivity index (χ0v) is 13.3. The van der Waals surface area contributed by atoms with Gasteiger partial charge in [-0.25, -0.2) is 0 Å². The van der Waals surface area contributed by atoms with E-state index in [-0.39, 0.29) is 35.2 Å². The highest BCUT2D eigenvalue weighted by molar-refractivity contribution is 5.95. The molecular weight excluding hydrogens is 252 g/mol. The van der Waals surface area contributed by atoms with E-state index in [0.29, 0.717) is 0 Å². The molecule has 1 N–H and O–H groups in total. The van der Waals surface area contributed by atoms with Gasteiger partial charge in [-0.3, -0.25) is 9.59 Å². The van der Waals surface area contributed by atoms with Gasteiger partial charge in [-0.1, -0.05) is 40.5 Å². The van der Waals surface area contributed by atoms with Gasteiger partial charge < -0.3 is 10.2 Å². The molecule has 1 aliphatic heterocycles.